The van der Waals surface area contributed by atoms with Crippen LogP contribution in [0.4, 0.5) is 0 Å². The Hall–Kier alpha value is -4.46. The molecule has 0 heterocycles. The second-order valence-electron chi connectivity index (χ2n) is 8.85. The first kappa shape index (κ1) is 42.5. The third kappa shape index (κ3) is 25.4. The minimum Gasteiger partial charge on any atom is -0.460 e. The molecule has 0 aliphatic heterocycles. The predicted molar refractivity (Wildman–Crippen MR) is 174 cm³/mol. The van der Waals surface area contributed by atoms with Gasteiger partial charge >= 0.3 is 24.1 Å². The standard InChI is InChI=1S/C15H22O6.C9H9N2O2.C9H11NO2.ClH/c16-6-7-18-8-9-19-10-11-20-13-15(17)21-12-14-4-2-1-3-5-14;10-11-6-9(12)13-7-8-4-2-1-3-5-8;10-6-9(11)12-7-8-4-2-1-3-5-8;/h1-5,16H,6-13H2;1-6,10H,7H2;1-5H,6-7,10H2;1H/q;+1;;. The summed E-state index contributed by atoms with van der Waals surface area (Å²) < 4.78 is 30.0. The Balaban J connectivity index is 0.000000705. The van der Waals surface area contributed by atoms with E-state index < -0.39 is 11.9 Å². The zero-order chi connectivity index (χ0) is 33.5. The van der Waals surface area contributed by atoms with Gasteiger partial charge in [-0.25, -0.2) is 9.59 Å². The van der Waals surface area contributed by atoms with Crippen molar-refractivity contribution in [3.63, 3.8) is 0 Å². The van der Waals surface area contributed by atoms with Crippen molar-refractivity contribution < 1.29 is 52.7 Å². The third-order valence-corrected chi connectivity index (χ3v) is 5.25. The molecular formula is C33H43ClN3O10+. The quantitative estimate of drug-likeness (QED) is 0.0448. The van der Waals surface area contributed by atoms with Crippen molar-refractivity contribution >= 4 is 36.5 Å². The van der Waals surface area contributed by atoms with Crippen LogP contribution < -0.4 is 5.73 Å². The Kier molecular flexibility index (Phi) is 27.3. The van der Waals surface area contributed by atoms with Gasteiger partial charge < -0.3 is 39.3 Å². The molecule has 0 unspecified atom stereocenters. The normalized spacial score (nSPS) is 9.49. The highest BCUT2D eigenvalue weighted by Gasteiger charge is 2.05. The van der Waals surface area contributed by atoms with Gasteiger partial charge in [-0.1, -0.05) is 91.0 Å². The summed E-state index contributed by atoms with van der Waals surface area (Å²) >= 11 is 0. The van der Waals surface area contributed by atoms with Gasteiger partial charge in [-0.3, -0.25) is 4.79 Å². The smallest absolute Gasteiger partial charge is 0.418 e. The molecule has 4 N–H and O–H groups in total. The Morgan fingerprint density at radius 3 is 1.47 bits per heavy atom. The molecule has 13 nitrogen and oxygen atoms in total. The second kappa shape index (κ2) is 30.2. The fourth-order valence-electron chi connectivity index (χ4n) is 3.06. The molecule has 0 bridgehead atoms. The summed E-state index contributed by atoms with van der Waals surface area (Å²) in [5.41, 5.74) is 14.3. The van der Waals surface area contributed by atoms with Crippen LogP contribution in [0.5, 0.6) is 0 Å². The number of benzene rings is 3. The summed E-state index contributed by atoms with van der Waals surface area (Å²) in [5, 5.41) is 8.48. The maximum absolute atomic E-state index is 11.4. The molecule has 0 aromatic heterocycles. The lowest BCUT2D eigenvalue weighted by molar-refractivity contribution is -0.151. The number of nitrogens with two attached hydrogens (primary N) is 1. The van der Waals surface area contributed by atoms with Crippen LogP contribution in [0.1, 0.15) is 16.7 Å². The molecule has 0 aliphatic rings. The van der Waals surface area contributed by atoms with Crippen molar-refractivity contribution in [2.45, 2.75) is 19.8 Å². The number of ether oxygens (including phenoxy) is 6. The highest BCUT2D eigenvalue weighted by molar-refractivity contribution is 6.20. The van der Waals surface area contributed by atoms with Crippen molar-refractivity contribution in [2.75, 3.05) is 52.8 Å². The number of nitrogens with zero attached hydrogens (tertiary/aromatic N) is 1. The lowest BCUT2D eigenvalue weighted by Crippen LogP contribution is -2.16. The SMILES string of the molecule is Cl.N=[N+]=CC(=O)OCc1ccccc1.NCC(=O)OCc1ccccc1.O=C(COCCOCCOCCO)OCc1ccccc1. The van der Waals surface area contributed by atoms with Crippen LogP contribution in [0.3, 0.4) is 0 Å². The number of hydrogen-bond acceptors (Lipinski definition) is 12. The molecule has 3 aromatic carbocycles. The van der Waals surface area contributed by atoms with E-state index in [0.717, 1.165) is 22.9 Å². The van der Waals surface area contributed by atoms with E-state index in [4.69, 9.17) is 44.8 Å². The van der Waals surface area contributed by atoms with Crippen LogP contribution in [-0.2, 0) is 62.6 Å². The van der Waals surface area contributed by atoms with Gasteiger partial charge in [-0.15, -0.1) is 12.4 Å². The van der Waals surface area contributed by atoms with Crippen LogP contribution in [0.15, 0.2) is 91.0 Å². The van der Waals surface area contributed by atoms with Gasteiger partial charge in [0, 0.05) is 0 Å². The lowest BCUT2D eigenvalue weighted by atomic mass is 10.2. The van der Waals surface area contributed by atoms with E-state index >= 15 is 0 Å². The summed E-state index contributed by atoms with van der Waals surface area (Å²) in [6.45, 7) is 2.51. The van der Waals surface area contributed by atoms with Gasteiger partial charge in [-0.05, 0) is 16.7 Å². The van der Waals surface area contributed by atoms with Gasteiger partial charge in [-0.2, -0.15) is 0 Å². The number of rotatable bonds is 18. The Bertz CT molecular complexity index is 1270. The Morgan fingerprint density at radius 2 is 1.04 bits per heavy atom. The van der Waals surface area contributed by atoms with Crippen LogP contribution in [0.2, 0.25) is 0 Å². The second-order valence-corrected chi connectivity index (χ2v) is 8.85. The van der Waals surface area contributed by atoms with Crippen molar-refractivity contribution in [2.24, 2.45) is 5.73 Å². The summed E-state index contributed by atoms with van der Waals surface area (Å²) in [7, 11) is 0. The van der Waals surface area contributed by atoms with Gasteiger partial charge in [0.25, 0.3) is 0 Å². The molecule has 0 fully saturated rings. The van der Waals surface area contributed by atoms with E-state index in [1.165, 1.54) is 0 Å². The molecule has 0 atom stereocenters. The van der Waals surface area contributed by atoms with E-state index in [1.807, 2.05) is 91.0 Å². The Labute approximate surface area is 280 Å². The predicted octanol–water partition coefficient (Wildman–Crippen LogP) is 2.92. The number of aliphatic hydroxyl groups excluding tert-OH is 1. The fraction of sp³-hybridized carbons (Fsp3) is 0.333. The van der Waals surface area contributed by atoms with E-state index in [2.05, 4.69) is 4.79 Å². The van der Waals surface area contributed by atoms with Gasteiger partial charge in [0.1, 0.15) is 26.4 Å². The van der Waals surface area contributed by atoms with Crippen molar-refractivity contribution in [3.8, 4) is 0 Å². The van der Waals surface area contributed by atoms with E-state index in [1.54, 1.807) is 0 Å². The molecule has 0 saturated heterocycles. The minimum atomic E-state index is -0.598. The number of carbonyl (C=O) groups is 3. The highest BCUT2D eigenvalue weighted by atomic mass is 35.5. The number of carbonyl (C=O) groups excluding carboxylic acids is 3. The zero-order valence-corrected chi connectivity index (χ0v) is 26.9. The number of nitrogens with one attached hydrogen (secondary N) is 1. The summed E-state index contributed by atoms with van der Waals surface area (Å²) in [6, 6.07) is 28.3. The molecule has 3 rings (SSSR count). The molecular weight excluding hydrogens is 634 g/mol. The first-order chi connectivity index (χ1) is 22.5. The van der Waals surface area contributed by atoms with E-state index in [0.29, 0.717) is 39.6 Å². The maximum atomic E-state index is 11.4. The molecule has 256 valence electrons. The Morgan fingerprint density at radius 1 is 0.638 bits per heavy atom. The minimum absolute atomic E-state index is 0. The third-order valence-electron chi connectivity index (χ3n) is 5.25. The molecule has 14 heteroatoms. The maximum Gasteiger partial charge on any atom is 0.418 e. The van der Waals surface area contributed by atoms with Crippen molar-refractivity contribution in [3.05, 3.63) is 108 Å². The topological polar surface area (TPSA) is 191 Å². The van der Waals surface area contributed by atoms with Crippen LogP contribution in [0, 0.1) is 5.53 Å². The highest BCUT2D eigenvalue weighted by Crippen LogP contribution is 2.02. The number of halogens is 1. The largest absolute Gasteiger partial charge is 0.460 e. The monoisotopic (exact) mass is 676 g/mol. The summed E-state index contributed by atoms with van der Waals surface area (Å²) in [6.07, 6.45) is 0.822. The number of esters is 3. The summed E-state index contributed by atoms with van der Waals surface area (Å²) in [4.78, 5) is 35.6. The molecule has 0 saturated carbocycles. The van der Waals surface area contributed by atoms with Crippen LogP contribution in [0.25, 0.3) is 0 Å². The molecule has 3 aromatic rings. The molecule has 47 heavy (non-hydrogen) atoms. The number of hydrogen-bond donors (Lipinski definition) is 3. The average Bonchev–Trinajstić information content (AvgIpc) is 3.10. The molecule has 0 spiro atoms. The summed E-state index contributed by atoms with van der Waals surface area (Å²) in [5.74, 6) is -1.37. The van der Waals surface area contributed by atoms with Crippen molar-refractivity contribution in [1.82, 2.24) is 0 Å². The van der Waals surface area contributed by atoms with E-state index in [9.17, 15) is 14.4 Å². The number of aliphatic hydroxyl groups is 1. The van der Waals surface area contributed by atoms with Gasteiger partial charge in [0.2, 0.25) is 0 Å². The first-order valence-electron chi connectivity index (χ1n) is 14.3. The lowest BCUT2D eigenvalue weighted by Gasteiger charge is -2.07. The first-order valence-corrected chi connectivity index (χ1v) is 14.3. The van der Waals surface area contributed by atoms with Crippen molar-refractivity contribution in [1.29, 1.82) is 5.53 Å². The average molecular weight is 677 g/mol. The fourth-order valence-corrected chi connectivity index (χ4v) is 3.06. The van der Waals surface area contributed by atoms with Crippen LogP contribution >= 0.6 is 12.4 Å². The molecule has 0 radical (unpaired) electrons. The molecule has 0 aliphatic carbocycles. The zero-order valence-electron chi connectivity index (χ0n) is 26.1. The van der Waals surface area contributed by atoms with Gasteiger partial charge in [0.15, 0.2) is 0 Å². The van der Waals surface area contributed by atoms with Crippen LogP contribution in [-0.4, -0.2) is 86.8 Å². The van der Waals surface area contributed by atoms with Gasteiger partial charge in [0.05, 0.1) is 56.5 Å². The van der Waals surface area contributed by atoms with E-state index in [-0.39, 0.29) is 51.3 Å². The molecule has 0 amide bonds.